The first-order chi connectivity index (χ1) is 9.34. The molecule has 0 bridgehead atoms. The van der Waals surface area contributed by atoms with Crippen LogP contribution in [0.2, 0.25) is 5.02 Å². The quantitative estimate of drug-likeness (QED) is 0.717. The lowest BCUT2D eigenvalue weighted by molar-refractivity contribution is -0.150. The Morgan fingerprint density at radius 2 is 2.30 bits per heavy atom. The van der Waals surface area contributed by atoms with Crippen LogP contribution < -0.4 is 10.6 Å². The molecule has 0 spiro atoms. The third-order valence-corrected chi connectivity index (χ3v) is 3.48. The Hall–Kier alpha value is -1.66. The van der Waals surface area contributed by atoms with Crippen LogP contribution in [0.3, 0.4) is 0 Å². The minimum atomic E-state index is -2.08. The summed E-state index contributed by atoms with van der Waals surface area (Å²) in [4.78, 5) is 23.3. The molecule has 2 rings (SSSR count). The molecule has 0 aliphatic carbocycles. The highest BCUT2D eigenvalue weighted by molar-refractivity contribution is 6.30. The van der Waals surface area contributed by atoms with Crippen molar-refractivity contribution < 1.29 is 19.1 Å². The number of carbonyl (C=O) groups is 2. The van der Waals surface area contributed by atoms with Gasteiger partial charge in [0.1, 0.15) is 5.82 Å². The van der Waals surface area contributed by atoms with Gasteiger partial charge in [-0.25, -0.2) is 4.39 Å². The van der Waals surface area contributed by atoms with E-state index >= 15 is 0 Å². The van der Waals surface area contributed by atoms with Crippen LogP contribution in [-0.4, -0.2) is 29.1 Å². The Balaban J connectivity index is 2.10. The largest absolute Gasteiger partial charge is 0.372 e. The number of nitrogens with one attached hydrogen (secondary N) is 2. The van der Waals surface area contributed by atoms with Gasteiger partial charge in [-0.2, -0.15) is 0 Å². The number of hydrogen-bond acceptors (Lipinski definition) is 3. The lowest BCUT2D eigenvalue weighted by Crippen LogP contribution is -2.51. The number of carbonyl (C=O) groups excluding carboxylic acids is 2. The number of halogens is 2. The fourth-order valence-electron chi connectivity index (χ4n) is 2.08. The van der Waals surface area contributed by atoms with E-state index in [9.17, 15) is 19.1 Å². The van der Waals surface area contributed by atoms with Crippen LogP contribution in [-0.2, 0) is 16.1 Å². The second kappa shape index (κ2) is 5.38. The van der Waals surface area contributed by atoms with Gasteiger partial charge in [0.15, 0.2) is 0 Å². The summed E-state index contributed by atoms with van der Waals surface area (Å²) in [5, 5.41) is 15.0. The van der Waals surface area contributed by atoms with E-state index < -0.39 is 23.2 Å². The summed E-state index contributed by atoms with van der Waals surface area (Å²) in [6.07, 6.45) is -0.00524. The van der Waals surface area contributed by atoms with E-state index in [0.29, 0.717) is 10.6 Å². The summed E-state index contributed by atoms with van der Waals surface area (Å²) in [6, 6.07) is 2.86. The molecule has 0 aromatic heterocycles. The van der Waals surface area contributed by atoms with Gasteiger partial charge in [-0.15, -0.1) is 0 Å². The van der Waals surface area contributed by atoms with Gasteiger partial charge < -0.3 is 15.7 Å². The van der Waals surface area contributed by atoms with Crippen LogP contribution in [0.25, 0.3) is 0 Å². The fourth-order valence-corrected chi connectivity index (χ4v) is 2.37. The topological polar surface area (TPSA) is 78.4 Å². The van der Waals surface area contributed by atoms with Gasteiger partial charge >= 0.3 is 0 Å². The SMILES string of the molecule is Cc1cc(Cl)cc(CNC(=O)C2(O)CCNC2=O)c1F. The van der Waals surface area contributed by atoms with Crippen LogP contribution >= 0.6 is 11.6 Å². The van der Waals surface area contributed by atoms with Crippen LogP contribution in [0, 0.1) is 12.7 Å². The van der Waals surface area contributed by atoms with Crippen molar-refractivity contribution in [2.75, 3.05) is 6.54 Å². The Morgan fingerprint density at radius 1 is 1.60 bits per heavy atom. The normalized spacial score (nSPS) is 21.7. The van der Waals surface area contributed by atoms with Crippen molar-refractivity contribution in [3.05, 3.63) is 34.1 Å². The van der Waals surface area contributed by atoms with Crippen LogP contribution in [0.5, 0.6) is 0 Å². The van der Waals surface area contributed by atoms with Crippen molar-refractivity contribution in [2.45, 2.75) is 25.5 Å². The molecular formula is C13H14ClFN2O3. The predicted octanol–water partition coefficient (Wildman–Crippen LogP) is 0.655. The molecule has 1 aromatic carbocycles. The lowest BCUT2D eigenvalue weighted by atomic mass is 10.0. The van der Waals surface area contributed by atoms with E-state index in [1.54, 1.807) is 6.92 Å². The van der Waals surface area contributed by atoms with Gasteiger partial charge in [-0.05, 0) is 24.6 Å². The van der Waals surface area contributed by atoms with Crippen molar-refractivity contribution in [1.29, 1.82) is 0 Å². The molecule has 1 aliphatic heterocycles. The number of aliphatic hydroxyl groups is 1. The number of aryl methyl sites for hydroxylation is 1. The van der Waals surface area contributed by atoms with E-state index in [-0.39, 0.29) is 25.1 Å². The van der Waals surface area contributed by atoms with Gasteiger partial charge in [0.25, 0.3) is 11.8 Å². The highest BCUT2D eigenvalue weighted by Crippen LogP contribution is 2.20. The molecule has 7 heteroatoms. The molecule has 1 fully saturated rings. The number of rotatable bonds is 3. The Bertz CT molecular complexity index is 579. The molecule has 20 heavy (non-hydrogen) atoms. The maximum Gasteiger partial charge on any atom is 0.262 e. The molecule has 1 aromatic rings. The van der Waals surface area contributed by atoms with Crippen molar-refractivity contribution in [3.63, 3.8) is 0 Å². The predicted molar refractivity (Wildman–Crippen MR) is 70.6 cm³/mol. The highest BCUT2D eigenvalue weighted by Gasteiger charge is 2.47. The summed E-state index contributed by atoms with van der Waals surface area (Å²) in [5.41, 5.74) is -1.52. The number of benzene rings is 1. The van der Waals surface area contributed by atoms with Crippen molar-refractivity contribution in [2.24, 2.45) is 0 Å². The zero-order valence-corrected chi connectivity index (χ0v) is 11.6. The molecule has 1 aliphatic rings. The van der Waals surface area contributed by atoms with Gasteiger partial charge in [0.2, 0.25) is 5.60 Å². The van der Waals surface area contributed by atoms with Gasteiger partial charge in [-0.1, -0.05) is 11.6 Å². The molecule has 1 heterocycles. The van der Waals surface area contributed by atoms with E-state index in [0.717, 1.165) is 0 Å². The third-order valence-electron chi connectivity index (χ3n) is 3.26. The van der Waals surface area contributed by atoms with E-state index in [1.807, 2.05) is 0 Å². The number of amides is 2. The Kier molecular flexibility index (Phi) is 3.96. The summed E-state index contributed by atoms with van der Waals surface area (Å²) < 4.78 is 13.8. The molecule has 108 valence electrons. The first-order valence-corrected chi connectivity index (χ1v) is 6.46. The average Bonchev–Trinajstić information content (AvgIpc) is 2.73. The summed E-state index contributed by atoms with van der Waals surface area (Å²) in [6.45, 7) is 1.64. The standard InChI is InChI=1S/C13H14ClFN2O3/c1-7-4-9(14)5-8(10(7)15)6-17-12(19)13(20)2-3-16-11(13)18/h4-5,20H,2-3,6H2,1H3,(H,16,18)(H,17,19). The van der Waals surface area contributed by atoms with Crippen molar-refractivity contribution in [3.8, 4) is 0 Å². The van der Waals surface area contributed by atoms with E-state index in [2.05, 4.69) is 10.6 Å². The smallest absolute Gasteiger partial charge is 0.262 e. The van der Waals surface area contributed by atoms with Gasteiger partial charge in [0.05, 0.1) is 0 Å². The molecule has 1 atom stereocenters. The zero-order chi connectivity index (χ0) is 14.9. The first-order valence-electron chi connectivity index (χ1n) is 6.08. The Labute approximate surface area is 120 Å². The molecule has 1 saturated heterocycles. The molecular weight excluding hydrogens is 287 g/mol. The van der Waals surface area contributed by atoms with E-state index in [4.69, 9.17) is 11.6 Å². The molecule has 2 amide bonds. The fraction of sp³-hybridized carbons (Fsp3) is 0.385. The van der Waals surface area contributed by atoms with Gasteiger partial charge in [-0.3, -0.25) is 9.59 Å². The lowest BCUT2D eigenvalue weighted by Gasteiger charge is -2.18. The minimum absolute atomic E-state index is 0.00524. The monoisotopic (exact) mass is 300 g/mol. The molecule has 5 nitrogen and oxygen atoms in total. The average molecular weight is 301 g/mol. The van der Waals surface area contributed by atoms with Crippen LogP contribution in [0.15, 0.2) is 12.1 Å². The first kappa shape index (κ1) is 14.7. The Morgan fingerprint density at radius 3 is 2.90 bits per heavy atom. The molecule has 3 N–H and O–H groups in total. The maximum atomic E-state index is 13.8. The summed E-state index contributed by atoms with van der Waals surface area (Å²) >= 11 is 5.82. The summed E-state index contributed by atoms with van der Waals surface area (Å²) in [5.74, 6) is -2.06. The second-order valence-corrected chi connectivity index (χ2v) is 5.18. The van der Waals surface area contributed by atoms with Crippen molar-refractivity contribution >= 4 is 23.4 Å². The highest BCUT2D eigenvalue weighted by atomic mass is 35.5. The maximum absolute atomic E-state index is 13.8. The molecule has 0 radical (unpaired) electrons. The van der Waals surface area contributed by atoms with Crippen molar-refractivity contribution in [1.82, 2.24) is 10.6 Å². The summed E-state index contributed by atoms with van der Waals surface area (Å²) in [7, 11) is 0. The molecule has 1 unspecified atom stereocenters. The van der Waals surface area contributed by atoms with E-state index in [1.165, 1.54) is 12.1 Å². The minimum Gasteiger partial charge on any atom is -0.372 e. The number of hydrogen-bond donors (Lipinski definition) is 3. The zero-order valence-electron chi connectivity index (χ0n) is 10.8. The third kappa shape index (κ3) is 2.62. The van der Waals surface area contributed by atoms with Crippen LogP contribution in [0.4, 0.5) is 4.39 Å². The van der Waals surface area contributed by atoms with Crippen LogP contribution in [0.1, 0.15) is 17.5 Å². The van der Waals surface area contributed by atoms with Gasteiger partial charge in [0, 0.05) is 30.1 Å². The second-order valence-electron chi connectivity index (χ2n) is 4.74. The molecule has 0 saturated carbocycles.